The molecule has 0 saturated heterocycles. The van der Waals surface area contributed by atoms with E-state index >= 15 is 0 Å². The maximum atomic E-state index is 11.0. The highest BCUT2D eigenvalue weighted by molar-refractivity contribution is 5.78. The number of carbonyl (C=O) groups is 1. The Hall–Kier alpha value is -2.28. The van der Waals surface area contributed by atoms with E-state index < -0.39 is 0 Å². The molecule has 2 saturated carbocycles. The van der Waals surface area contributed by atoms with Gasteiger partial charge in [0.1, 0.15) is 11.9 Å². The molecule has 1 heterocycles. The largest absolute Gasteiger partial charge is 0.490 e. The van der Waals surface area contributed by atoms with Crippen LogP contribution in [0.1, 0.15) is 51.9 Å². The first-order chi connectivity index (χ1) is 14.0. The second kappa shape index (κ2) is 8.61. The van der Waals surface area contributed by atoms with E-state index in [-0.39, 0.29) is 24.0 Å². The minimum atomic E-state index is -0.271. The number of fused-ring (bicyclic) bond motifs is 1. The quantitative estimate of drug-likeness (QED) is 0.696. The number of primary amides is 1. The molecule has 1 aromatic heterocycles. The number of aryl methyl sites for hydroxylation is 1. The molecule has 2 aliphatic rings. The molecule has 4 rings (SSSR count). The number of aromatic nitrogens is 2. The van der Waals surface area contributed by atoms with Crippen molar-refractivity contribution in [1.82, 2.24) is 9.55 Å². The molecule has 2 N–H and O–H groups in total. The van der Waals surface area contributed by atoms with Crippen molar-refractivity contribution in [3.05, 3.63) is 18.2 Å². The van der Waals surface area contributed by atoms with E-state index in [2.05, 4.69) is 4.98 Å². The zero-order chi connectivity index (χ0) is 20.4. The minimum Gasteiger partial charge on any atom is -0.490 e. The first-order valence-electron chi connectivity index (χ1n) is 10.7. The van der Waals surface area contributed by atoms with Crippen LogP contribution in [0.5, 0.6) is 11.8 Å². The first kappa shape index (κ1) is 20.0. The molecule has 0 radical (unpaired) electrons. The predicted octanol–water partition coefficient (Wildman–Crippen LogP) is 3.33. The fraction of sp³-hybridized carbons (Fsp3) is 0.636. The summed E-state index contributed by atoms with van der Waals surface area (Å²) in [6.45, 7) is 2.57. The molecule has 7 heteroatoms. The number of ether oxygens (including phenoxy) is 3. The Morgan fingerprint density at radius 2 is 1.79 bits per heavy atom. The molecule has 0 bridgehead atoms. The van der Waals surface area contributed by atoms with Gasteiger partial charge < -0.3 is 19.9 Å². The van der Waals surface area contributed by atoms with Crippen molar-refractivity contribution in [3.8, 4) is 11.8 Å². The summed E-state index contributed by atoms with van der Waals surface area (Å²) in [5.74, 6) is 0.792. The van der Waals surface area contributed by atoms with E-state index in [9.17, 15) is 4.79 Å². The topological polar surface area (TPSA) is 88.6 Å². The van der Waals surface area contributed by atoms with Crippen LogP contribution in [-0.4, -0.2) is 40.4 Å². The third kappa shape index (κ3) is 5.21. The number of amides is 1. The van der Waals surface area contributed by atoms with Crippen molar-refractivity contribution >= 4 is 16.9 Å². The molecule has 0 aliphatic heterocycles. The Kier molecular flexibility index (Phi) is 5.94. The van der Waals surface area contributed by atoms with E-state index in [4.69, 9.17) is 19.9 Å². The van der Waals surface area contributed by atoms with E-state index in [1.807, 2.05) is 36.7 Å². The van der Waals surface area contributed by atoms with Gasteiger partial charge >= 0.3 is 0 Å². The van der Waals surface area contributed by atoms with Gasteiger partial charge in [0.2, 0.25) is 5.91 Å². The van der Waals surface area contributed by atoms with Gasteiger partial charge in [0.05, 0.1) is 23.2 Å². The summed E-state index contributed by atoms with van der Waals surface area (Å²) in [5, 5.41) is 0. The highest BCUT2D eigenvalue weighted by Crippen LogP contribution is 2.31. The summed E-state index contributed by atoms with van der Waals surface area (Å²) in [7, 11) is 1.99. The second-order valence-corrected chi connectivity index (χ2v) is 8.55. The minimum absolute atomic E-state index is 0.149. The summed E-state index contributed by atoms with van der Waals surface area (Å²) in [4.78, 5) is 15.6. The zero-order valence-corrected chi connectivity index (χ0v) is 17.3. The third-order valence-corrected chi connectivity index (χ3v) is 5.70. The van der Waals surface area contributed by atoms with Crippen molar-refractivity contribution < 1.29 is 19.0 Å². The lowest BCUT2D eigenvalue weighted by atomic mass is 9.95. The molecule has 2 fully saturated rings. The lowest BCUT2D eigenvalue weighted by molar-refractivity contribution is -0.119. The Morgan fingerprint density at radius 3 is 2.48 bits per heavy atom. The number of hydrogen-bond acceptors (Lipinski definition) is 5. The SMILES string of the molecule is C[C@@H](COC1CCC(Oc2nc3ccc(OC4CC4)cc3n2C)CC1)CC(N)=O. The van der Waals surface area contributed by atoms with Crippen LogP contribution in [0, 0.1) is 5.92 Å². The van der Waals surface area contributed by atoms with Crippen LogP contribution in [0.25, 0.3) is 11.0 Å². The number of nitrogens with two attached hydrogens (primary N) is 1. The summed E-state index contributed by atoms with van der Waals surface area (Å²) >= 11 is 0. The predicted molar refractivity (Wildman–Crippen MR) is 110 cm³/mol. The summed E-state index contributed by atoms with van der Waals surface area (Å²) in [6, 6.07) is 6.69. The number of hydrogen-bond donors (Lipinski definition) is 1. The van der Waals surface area contributed by atoms with E-state index in [1.54, 1.807) is 0 Å². The molecule has 7 nitrogen and oxygen atoms in total. The Labute approximate surface area is 171 Å². The average molecular weight is 402 g/mol. The summed E-state index contributed by atoms with van der Waals surface area (Å²) in [5.41, 5.74) is 7.19. The third-order valence-electron chi connectivity index (χ3n) is 5.70. The van der Waals surface area contributed by atoms with Crippen LogP contribution in [-0.2, 0) is 16.6 Å². The molecule has 2 aromatic rings. The van der Waals surface area contributed by atoms with Gasteiger partial charge in [0, 0.05) is 26.1 Å². The zero-order valence-electron chi connectivity index (χ0n) is 17.3. The molecule has 158 valence electrons. The molecule has 29 heavy (non-hydrogen) atoms. The van der Waals surface area contributed by atoms with Crippen molar-refractivity contribution in [2.75, 3.05) is 6.61 Å². The second-order valence-electron chi connectivity index (χ2n) is 8.55. The van der Waals surface area contributed by atoms with Crippen LogP contribution in [0.15, 0.2) is 18.2 Å². The Balaban J connectivity index is 1.29. The van der Waals surface area contributed by atoms with E-state index in [1.165, 1.54) is 0 Å². The van der Waals surface area contributed by atoms with E-state index in [0.717, 1.165) is 55.3 Å². The molecule has 0 unspecified atom stereocenters. The van der Waals surface area contributed by atoms with Crippen molar-refractivity contribution in [2.45, 2.75) is 70.2 Å². The van der Waals surface area contributed by atoms with Gasteiger partial charge in [-0.25, -0.2) is 0 Å². The maximum Gasteiger partial charge on any atom is 0.297 e. The van der Waals surface area contributed by atoms with Gasteiger partial charge in [-0.3, -0.25) is 9.36 Å². The van der Waals surface area contributed by atoms with Crippen LogP contribution in [0.2, 0.25) is 0 Å². The standard InChI is InChI=1S/C22H31N3O4/c1-14(11-21(23)26)13-27-15-3-5-17(6-4-15)29-22-24-19-10-9-18(28-16-7-8-16)12-20(19)25(22)2/h9-10,12,14-17H,3-8,11,13H2,1-2H3,(H2,23,26)/t14-,15?,17?/m1/s1. The van der Waals surface area contributed by atoms with Gasteiger partial charge in [-0.15, -0.1) is 0 Å². The van der Waals surface area contributed by atoms with Crippen molar-refractivity contribution in [2.24, 2.45) is 18.7 Å². The van der Waals surface area contributed by atoms with Gasteiger partial charge in [-0.05, 0) is 56.6 Å². The molecule has 0 spiro atoms. The fourth-order valence-corrected chi connectivity index (χ4v) is 3.87. The lowest BCUT2D eigenvalue weighted by Gasteiger charge is -2.29. The number of benzene rings is 1. The highest BCUT2D eigenvalue weighted by atomic mass is 16.5. The van der Waals surface area contributed by atoms with Crippen LogP contribution in [0.4, 0.5) is 0 Å². The molecule has 1 atom stereocenters. The fourth-order valence-electron chi connectivity index (χ4n) is 3.87. The normalized spacial score (nSPS) is 23.1. The van der Waals surface area contributed by atoms with E-state index in [0.29, 0.717) is 25.1 Å². The highest BCUT2D eigenvalue weighted by Gasteiger charge is 2.26. The number of imidazole rings is 1. The van der Waals surface area contributed by atoms with Crippen molar-refractivity contribution in [1.29, 1.82) is 0 Å². The molecular formula is C22H31N3O4. The molecule has 1 amide bonds. The Morgan fingerprint density at radius 1 is 1.14 bits per heavy atom. The van der Waals surface area contributed by atoms with Crippen LogP contribution < -0.4 is 15.2 Å². The van der Waals surface area contributed by atoms with Crippen LogP contribution >= 0.6 is 0 Å². The smallest absolute Gasteiger partial charge is 0.297 e. The molecule has 1 aromatic carbocycles. The van der Waals surface area contributed by atoms with Crippen molar-refractivity contribution in [3.63, 3.8) is 0 Å². The number of carbonyl (C=O) groups excluding carboxylic acids is 1. The maximum absolute atomic E-state index is 11.0. The van der Waals surface area contributed by atoms with Gasteiger partial charge in [0.15, 0.2) is 0 Å². The van der Waals surface area contributed by atoms with Gasteiger partial charge in [-0.2, -0.15) is 4.98 Å². The Bertz CT molecular complexity index is 853. The number of nitrogens with zero attached hydrogens (tertiary/aromatic N) is 2. The first-order valence-corrected chi connectivity index (χ1v) is 10.7. The summed E-state index contributed by atoms with van der Waals surface area (Å²) < 4.78 is 20.1. The van der Waals surface area contributed by atoms with Crippen LogP contribution in [0.3, 0.4) is 0 Å². The monoisotopic (exact) mass is 401 g/mol. The molecular weight excluding hydrogens is 370 g/mol. The van der Waals surface area contributed by atoms with Gasteiger partial charge in [-0.1, -0.05) is 6.92 Å². The lowest BCUT2D eigenvalue weighted by Crippen LogP contribution is -2.30. The van der Waals surface area contributed by atoms with Gasteiger partial charge in [0.25, 0.3) is 6.01 Å². The molecule has 2 aliphatic carbocycles. The summed E-state index contributed by atoms with van der Waals surface area (Å²) in [6.07, 6.45) is 7.22. The average Bonchev–Trinajstić information content (AvgIpc) is 3.45. The number of rotatable bonds is 9.